The van der Waals surface area contributed by atoms with Crippen LogP contribution in [-0.4, -0.2) is 35.6 Å². The number of rotatable bonds is 19. The van der Waals surface area contributed by atoms with Crippen molar-refractivity contribution in [2.45, 2.75) is 116 Å². The second-order valence-corrected chi connectivity index (χ2v) is 7.66. The van der Waals surface area contributed by atoms with Gasteiger partial charge in [-0.1, -0.05) is 84.5 Å². The lowest BCUT2D eigenvalue weighted by Gasteiger charge is -2.25. The highest BCUT2D eigenvalue weighted by molar-refractivity contribution is 4.69. The van der Waals surface area contributed by atoms with Crippen molar-refractivity contribution in [3.05, 3.63) is 0 Å². The highest BCUT2D eigenvalue weighted by atomic mass is 16.7. The smallest absolute Gasteiger partial charge is 0.0816 e. The molecule has 0 saturated carbocycles. The molecule has 0 amide bonds. The summed E-state index contributed by atoms with van der Waals surface area (Å²) < 4.78 is 0. The summed E-state index contributed by atoms with van der Waals surface area (Å²) in [5, 5.41) is 18.4. The fourth-order valence-electron chi connectivity index (χ4n) is 3.37. The number of hydrogen-bond acceptors (Lipinski definition) is 4. The van der Waals surface area contributed by atoms with Crippen molar-refractivity contribution in [2.24, 2.45) is 5.92 Å². The van der Waals surface area contributed by atoms with Crippen molar-refractivity contribution in [1.29, 1.82) is 0 Å². The standard InChI is InChI=1S/C21H45NO3/c1-4-5-6-7-8-9-10-11-12-13-14-15-21(25-22-16-17-23)19(2)18-20(3)24/h19-24H,4-18H2,1-3H3. The molecule has 3 unspecified atom stereocenters. The van der Waals surface area contributed by atoms with Gasteiger partial charge in [-0.15, -0.1) is 0 Å². The molecule has 0 aliphatic rings. The quantitative estimate of drug-likeness (QED) is 0.225. The predicted molar refractivity (Wildman–Crippen MR) is 107 cm³/mol. The van der Waals surface area contributed by atoms with Crippen LogP contribution >= 0.6 is 0 Å². The number of hydrogen-bond donors (Lipinski definition) is 3. The molecule has 25 heavy (non-hydrogen) atoms. The highest BCUT2D eigenvalue weighted by Crippen LogP contribution is 2.20. The van der Waals surface area contributed by atoms with Gasteiger partial charge in [0.1, 0.15) is 0 Å². The van der Waals surface area contributed by atoms with E-state index in [1.165, 1.54) is 70.6 Å². The van der Waals surface area contributed by atoms with Gasteiger partial charge >= 0.3 is 0 Å². The van der Waals surface area contributed by atoms with Gasteiger partial charge in [0.2, 0.25) is 0 Å². The first kappa shape index (κ1) is 24.8. The first-order valence-electron chi connectivity index (χ1n) is 10.8. The minimum atomic E-state index is -0.295. The van der Waals surface area contributed by atoms with E-state index >= 15 is 0 Å². The van der Waals surface area contributed by atoms with Crippen molar-refractivity contribution in [1.82, 2.24) is 5.48 Å². The second-order valence-electron chi connectivity index (χ2n) is 7.66. The first-order chi connectivity index (χ1) is 12.1. The summed E-state index contributed by atoms with van der Waals surface area (Å²) in [5.41, 5.74) is 2.85. The molecule has 0 rings (SSSR count). The van der Waals surface area contributed by atoms with Crippen LogP contribution in [0.4, 0.5) is 0 Å². The molecule has 3 atom stereocenters. The largest absolute Gasteiger partial charge is 0.395 e. The lowest BCUT2D eigenvalue weighted by Crippen LogP contribution is -2.32. The Balaban J connectivity index is 3.68. The molecule has 3 N–H and O–H groups in total. The van der Waals surface area contributed by atoms with Gasteiger partial charge in [-0.05, 0) is 25.7 Å². The number of nitrogens with one attached hydrogen (secondary N) is 1. The number of aliphatic hydroxyl groups excluding tert-OH is 2. The average molecular weight is 360 g/mol. The van der Waals surface area contributed by atoms with E-state index in [-0.39, 0.29) is 18.8 Å². The molecule has 0 spiro atoms. The summed E-state index contributed by atoms with van der Waals surface area (Å²) >= 11 is 0. The Morgan fingerprint density at radius 1 is 0.840 bits per heavy atom. The number of hydroxylamine groups is 1. The van der Waals surface area contributed by atoms with E-state index in [2.05, 4.69) is 19.3 Å². The average Bonchev–Trinajstić information content (AvgIpc) is 2.57. The third-order valence-electron chi connectivity index (χ3n) is 4.89. The lowest BCUT2D eigenvalue weighted by molar-refractivity contribution is -0.0674. The Bertz CT molecular complexity index is 262. The molecule has 0 aliphatic heterocycles. The van der Waals surface area contributed by atoms with Crippen molar-refractivity contribution in [2.75, 3.05) is 13.2 Å². The molecule has 0 radical (unpaired) electrons. The number of unbranched alkanes of at least 4 members (excludes halogenated alkanes) is 10. The minimum absolute atomic E-state index is 0.0793. The van der Waals surface area contributed by atoms with Crippen molar-refractivity contribution in [3.63, 3.8) is 0 Å². The Labute approximate surface area is 156 Å². The molecule has 4 heteroatoms. The molecule has 0 heterocycles. The zero-order chi connectivity index (χ0) is 18.8. The van der Waals surface area contributed by atoms with E-state index < -0.39 is 0 Å². The van der Waals surface area contributed by atoms with E-state index in [1.807, 2.05) is 6.92 Å². The van der Waals surface area contributed by atoms with Gasteiger partial charge in [-0.3, -0.25) is 4.84 Å². The molecule has 0 aromatic heterocycles. The Hall–Kier alpha value is -0.160. The van der Waals surface area contributed by atoms with Crippen molar-refractivity contribution >= 4 is 0 Å². The van der Waals surface area contributed by atoms with Gasteiger partial charge in [0, 0.05) is 6.54 Å². The normalized spacial score (nSPS) is 15.2. The van der Waals surface area contributed by atoms with Crippen LogP contribution in [0.5, 0.6) is 0 Å². The molecule has 0 aromatic carbocycles. The SMILES string of the molecule is CCCCCCCCCCCCCC(ONCCO)C(C)CC(C)O. The van der Waals surface area contributed by atoms with Gasteiger partial charge < -0.3 is 10.2 Å². The molecule has 0 aliphatic carbocycles. The first-order valence-corrected chi connectivity index (χ1v) is 10.8. The molecule has 0 bridgehead atoms. The summed E-state index contributed by atoms with van der Waals surface area (Å²) in [5.74, 6) is 0.314. The summed E-state index contributed by atoms with van der Waals surface area (Å²) in [6, 6.07) is 0. The maximum Gasteiger partial charge on any atom is 0.0816 e. The summed E-state index contributed by atoms with van der Waals surface area (Å²) in [7, 11) is 0. The molecule has 152 valence electrons. The van der Waals surface area contributed by atoms with Crippen LogP contribution in [0.2, 0.25) is 0 Å². The summed E-state index contributed by atoms with van der Waals surface area (Å²) in [6.07, 6.45) is 16.4. The molecular weight excluding hydrogens is 314 g/mol. The van der Waals surface area contributed by atoms with Crippen LogP contribution in [0.25, 0.3) is 0 Å². The summed E-state index contributed by atoms with van der Waals surface area (Å²) in [6.45, 7) is 6.77. The van der Waals surface area contributed by atoms with Crippen LogP contribution in [0, 0.1) is 5.92 Å². The monoisotopic (exact) mass is 359 g/mol. The molecule has 0 fully saturated rings. The predicted octanol–water partition coefficient (Wildman–Crippen LogP) is 4.98. The third-order valence-corrected chi connectivity index (χ3v) is 4.89. The van der Waals surface area contributed by atoms with Crippen LogP contribution in [0.1, 0.15) is 104 Å². The van der Waals surface area contributed by atoms with E-state index in [4.69, 9.17) is 9.94 Å². The maximum atomic E-state index is 9.59. The minimum Gasteiger partial charge on any atom is -0.395 e. The van der Waals surface area contributed by atoms with Crippen LogP contribution in [0.3, 0.4) is 0 Å². The van der Waals surface area contributed by atoms with Gasteiger partial charge in [0.05, 0.1) is 18.8 Å². The zero-order valence-corrected chi connectivity index (χ0v) is 17.1. The van der Waals surface area contributed by atoms with Gasteiger partial charge in [-0.25, -0.2) is 0 Å². The maximum absolute atomic E-state index is 9.59. The molecule has 0 aromatic rings. The van der Waals surface area contributed by atoms with Gasteiger partial charge in [-0.2, -0.15) is 5.48 Å². The zero-order valence-electron chi connectivity index (χ0n) is 17.1. The van der Waals surface area contributed by atoms with Gasteiger partial charge in [0.15, 0.2) is 0 Å². The van der Waals surface area contributed by atoms with Crippen LogP contribution in [0.15, 0.2) is 0 Å². The molecule has 0 saturated heterocycles. The Kier molecular flexibility index (Phi) is 18.5. The molecular formula is C21H45NO3. The fraction of sp³-hybridized carbons (Fsp3) is 1.00. The Morgan fingerprint density at radius 2 is 1.36 bits per heavy atom. The van der Waals surface area contributed by atoms with E-state index in [9.17, 15) is 5.11 Å². The van der Waals surface area contributed by atoms with E-state index in [0.717, 1.165) is 12.8 Å². The van der Waals surface area contributed by atoms with Gasteiger partial charge in [0.25, 0.3) is 0 Å². The number of aliphatic hydroxyl groups is 2. The van der Waals surface area contributed by atoms with E-state index in [0.29, 0.717) is 12.5 Å². The van der Waals surface area contributed by atoms with Crippen molar-refractivity contribution < 1.29 is 15.1 Å². The lowest BCUT2D eigenvalue weighted by atomic mass is 9.93. The molecule has 4 nitrogen and oxygen atoms in total. The topological polar surface area (TPSA) is 61.7 Å². The van der Waals surface area contributed by atoms with Crippen LogP contribution < -0.4 is 5.48 Å². The Morgan fingerprint density at radius 3 is 1.84 bits per heavy atom. The fourth-order valence-corrected chi connectivity index (χ4v) is 3.37. The highest BCUT2D eigenvalue weighted by Gasteiger charge is 2.19. The second kappa shape index (κ2) is 18.6. The van der Waals surface area contributed by atoms with Crippen LogP contribution in [-0.2, 0) is 4.84 Å². The third kappa shape index (κ3) is 17.0. The van der Waals surface area contributed by atoms with E-state index in [1.54, 1.807) is 0 Å². The summed E-state index contributed by atoms with van der Waals surface area (Å²) in [4.78, 5) is 5.72. The van der Waals surface area contributed by atoms with Crippen molar-refractivity contribution in [3.8, 4) is 0 Å².